The third kappa shape index (κ3) is 4.91. The fourth-order valence-corrected chi connectivity index (χ4v) is 4.66. The van der Waals surface area contributed by atoms with Crippen LogP contribution in [0.5, 0.6) is 22.4 Å². The number of rotatable bonds is 8. The van der Waals surface area contributed by atoms with Crippen LogP contribution < -0.4 is 18.9 Å². The van der Waals surface area contributed by atoms with Gasteiger partial charge in [-0.1, -0.05) is 11.3 Å². The number of nitrogens with zero attached hydrogens (tertiary/aromatic N) is 2. The molecular formula is C24H28N2O5S. The number of aromatic nitrogens is 1. The largest absolute Gasteiger partial charge is 0.497 e. The average molecular weight is 457 g/mol. The molecular weight excluding hydrogens is 428 g/mol. The van der Waals surface area contributed by atoms with Gasteiger partial charge in [0, 0.05) is 31.5 Å². The lowest BCUT2D eigenvalue weighted by atomic mass is 10.1. The molecule has 4 rings (SSSR count). The van der Waals surface area contributed by atoms with Gasteiger partial charge in [0.05, 0.1) is 30.5 Å². The first-order chi connectivity index (χ1) is 15.6. The van der Waals surface area contributed by atoms with E-state index in [-0.39, 0.29) is 12.0 Å². The van der Waals surface area contributed by atoms with Crippen molar-refractivity contribution in [2.75, 3.05) is 33.4 Å². The Morgan fingerprint density at radius 2 is 1.81 bits per heavy atom. The number of carbonyl (C=O) groups is 1. The smallest absolute Gasteiger partial charge is 0.274 e. The van der Waals surface area contributed by atoms with E-state index in [9.17, 15) is 4.79 Å². The molecule has 1 fully saturated rings. The molecule has 0 atom stereocenters. The predicted molar refractivity (Wildman–Crippen MR) is 125 cm³/mol. The summed E-state index contributed by atoms with van der Waals surface area (Å²) in [5, 5.41) is 0.658. The van der Waals surface area contributed by atoms with E-state index in [0.29, 0.717) is 48.6 Å². The van der Waals surface area contributed by atoms with Gasteiger partial charge < -0.3 is 23.8 Å². The second kappa shape index (κ2) is 10.1. The average Bonchev–Trinajstić information content (AvgIpc) is 3.22. The van der Waals surface area contributed by atoms with E-state index in [4.69, 9.17) is 18.9 Å². The molecule has 3 aromatic rings. The Kier molecular flexibility index (Phi) is 6.99. The van der Waals surface area contributed by atoms with Gasteiger partial charge in [-0.3, -0.25) is 4.79 Å². The van der Waals surface area contributed by atoms with Crippen molar-refractivity contribution in [1.29, 1.82) is 0 Å². The van der Waals surface area contributed by atoms with Gasteiger partial charge in [-0.15, -0.1) is 0 Å². The van der Waals surface area contributed by atoms with Gasteiger partial charge in [0.1, 0.15) is 11.9 Å². The molecule has 170 valence electrons. The van der Waals surface area contributed by atoms with Crippen molar-refractivity contribution in [3.63, 3.8) is 0 Å². The lowest BCUT2D eigenvalue weighted by Gasteiger charge is -2.31. The highest BCUT2D eigenvalue weighted by molar-refractivity contribution is 7.20. The maximum absolute atomic E-state index is 13.0. The maximum Gasteiger partial charge on any atom is 0.274 e. The lowest BCUT2D eigenvalue weighted by molar-refractivity contribution is 0.0595. The number of methoxy groups -OCH3 is 1. The highest BCUT2D eigenvalue weighted by Gasteiger charge is 2.26. The van der Waals surface area contributed by atoms with Crippen LogP contribution in [0.4, 0.5) is 0 Å². The van der Waals surface area contributed by atoms with Crippen molar-refractivity contribution in [3.8, 4) is 22.4 Å². The minimum atomic E-state index is -0.000432. The standard InChI is InChI=1S/C24H28N2O5S/c1-4-29-20-9-6-16(14-21(20)30-5-2)23(27)26-12-10-17(11-13-26)31-24-25-19-8-7-18(28-3)15-22(19)32-24/h6-9,14-15,17H,4-5,10-13H2,1-3H3. The van der Waals surface area contributed by atoms with E-state index in [1.165, 1.54) is 11.3 Å². The number of amides is 1. The molecule has 0 N–H and O–H groups in total. The molecule has 7 nitrogen and oxygen atoms in total. The van der Waals surface area contributed by atoms with Crippen molar-refractivity contribution < 1.29 is 23.7 Å². The number of ether oxygens (including phenoxy) is 4. The van der Waals surface area contributed by atoms with Gasteiger partial charge in [-0.05, 0) is 50.2 Å². The summed E-state index contributed by atoms with van der Waals surface area (Å²) in [6, 6.07) is 11.2. The van der Waals surface area contributed by atoms with E-state index in [0.717, 1.165) is 28.8 Å². The molecule has 0 spiro atoms. The van der Waals surface area contributed by atoms with Gasteiger partial charge in [-0.2, -0.15) is 0 Å². The van der Waals surface area contributed by atoms with Gasteiger partial charge in [0.2, 0.25) is 0 Å². The van der Waals surface area contributed by atoms with E-state index in [2.05, 4.69) is 4.98 Å². The Hall–Kier alpha value is -3.00. The van der Waals surface area contributed by atoms with Crippen LogP contribution >= 0.6 is 11.3 Å². The molecule has 1 aromatic heterocycles. The number of benzene rings is 2. The topological polar surface area (TPSA) is 70.1 Å². The summed E-state index contributed by atoms with van der Waals surface area (Å²) < 4.78 is 23.7. The first-order valence-electron chi connectivity index (χ1n) is 10.9. The number of hydrogen-bond donors (Lipinski definition) is 0. The monoisotopic (exact) mass is 456 g/mol. The van der Waals surface area contributed by atoms with E-state index < -0.39 is 0 Å². The minimum absolute atomic E-state index is 0.000432. The summed E-state index contributed by atoms with van der Waals surface area (Å²) in [4.78, 5) is 19.5. The quantitative estimate of drug-likeness (QED) is 0.486. The van der Waals surface area contributed by atoms with Crippen molar-refractivity contribution in [1.82, 2.24) is 9.88 Å². The molecule has 1 aliphatic rings. The van der Waals surface area contributed by atoms with Gasteiger partial charge in [0.15, 0.2) is 11.5 Å². The predicted octanol–water partition coefficient (Wildman–Crippen LogP) is 4.79. The molecule has 0 bridgehead atoms. The van der Waals surface area contributed by atoms with Crippen LogP contribution in [-0.4, -0.2) is 55.3 Å². The Balaban J connectivity index is 1.37. The molecule has 8 heteroatoms. The Morgan fingerprint density at radius 3 is 2.53 bits per heavy atom. The zero-order valence-electron chi connectivity index (χ0n) is 18.6. The summed E-state index contributed by atoms with van der Waals surface area (Å²) in [6.07, 6.45) is 1.57. The number of fused-ring (bicyclic) bond motifs is 1. The number of carbonyl (C=O) groups excluding carboxylic acids is 1. The SMILES string of the molecule is CCOc1ccc(C(=O)N2CCC(Oc3nc4ccc(OC)cc4s3)CC2)cc1OCC. The first kappa shape index (κ1) is 22.2. The Bertz CT molecular complexity index is 1080. The van der Waals surface area contributed by atoms with Gasteiger partial charge in [0.25, 0.3) is 11.1 Å². The number of hydrogen-bond acceptors (Lipinski definition) is 7. The normalized spacial score (nSPS) is 14.4. The van der Waals surface area contributed by atoms with Gasteiger partial charge >= 0.3 is 0 Å². The van der Waals surface area contributed by atoms with E-state index in [1.807, 2.05) is 36.9 Å². The van der Waals surface area contributed by atoms with Crippen LogP contribution in [0.15, 0.2) is 36.4 Å². The third-order valence-corrected chi connectivity index (χ3v) is 6.27. The fourth-order valence-electron chi connectivity index (χ4n) is 3.75. The van der Waals surface area contributed by atoms with Crippen LogP contribution in [0.3, 0.4) is 0 Å². The van der Waals surface area contributed by atoms with Crippen LogP contribution in [0, 0.1) is 0 Å². The maximum atomic E-state index is 13.0. The van der Waals surface area contributed by atoms with Crippen molar-refractivity contribution in [2.45, 2.75) is 32.8 Å². The molecule has 1 amide bonds. The molecule has 2 aromatic carbocycles. The molecule has 2 heterocycles. The highest BCUT2D eigenvalue weighted by atomic mass is 32.1. The number of thiazole rings is 1. The van der Waals surface area contributed by atoms with Crippen molar-refractivity contribution in [2.24, 2.45) is 0 Å². The second-order valence-corrected chi connectivity index (χ2v) is 8.44. The van der Waals surface area contributed by atoms with Crippen LogP contribution in [0.25, 0.3) is 10.2 Å². The molecule has 32 heavy (non-hydrogen) atoms. The zero-order chi connectivity index (χ0) is 22.5. The van der Waals surface area contributed by atoms with Crippen molar-refractivity contribution in [3.05, 3.63) is 42.0 Å². The Morgan fingerprint density at radius 1 is 1.06 bits per heavy atom. The summed E-state index contributed by atoms with van der Waals surface area (Å²) in [5.41, 5.74) is 1.51. The molecule has 0 aliphatic carbocycles. The van der Waals surface area contributed by atoms with Crippen LogP contribution in [0.2, 0.25) is 0 Å². The molecule has 0 radical (unpaired) electrons. The Labute approximate surface area is 191 Å². The third-order valence-electron chi connectivity index (χ3n) is 5.36. The fraction of sp³-hybridized carbons (Fsp3) is 0.417. The molecule has 1 saturated heterocycles. The molecule has 0 unspecified atom stereocenters. The minimum Gasteiger partial charge on any atom is -0.497 e. The number of piperidine rings is 1. The second-order valence-electron chi connectivity index (χ2n) is 7.45. The van der Waals surface area contributed by atoms with Gasteiger partial charge in [-0.25, -0.2) is 4.98 Å². The molecule has 1 aliphatic heterocycles. The highest BCUT2D eigenvalue weighted by Crippen LogP contribution is 2.33. The van der Waals surface area contributed by atoms with Crippen LogP contribution in [0.1, 0.15) is 37.0 Å². The van der Waals surface area contributed by atoms with E-state index in [1.54, 1.807) is 25.3 Å². The number of likely N-dealkylation sites (tertiary alicyclic amines) is 1. The van der Waals surface area contributed by atoms with Crippen LogP contribution in [-0.2, 0) is 0 Å². The summed E-state index contributed by atoms with van der Waals surface area (Å²) in [7, 11) is 1.65. The summed E-state index contributed by atoms with van der Waals surface area (Å²) in [5.74, 6) is 2.07. The summed E-state index contributed by atoms with van der Waals surface area (Å²) >= 11 is 1.52. The van der Waals surface area contributed by atoms with E-state index >= 15 is 0 Å². The first-order valence-corrected chi connectivity index (χ1v) is 11.7. The summed E-state index contributed by atoms with van der Waals surface area (Å²) in [6.45, 7) is 6.17. The molecule has 0 saturated carbocycles. The zero-order valence-corrected chi connectivity index (χ0v) is 19.4. The lowest BCUT2D eigenvalue weighted by Crippen LogP contribution is -2.41. The van der Waals surface area contributed by atoms with Crippen molar-refractivity contribution >= 4 is 27.5 Å².